The largest absolute Gasteiger partial charge is 0.326 e. The number of anilines is 1. The molecule has 2 N–H and O–H groups in total. The van der Waals surface area contributed by atoms with E-state index in [1.807, 2.05) is 24.8 Å². The molecule has 1 amide bonds. The van der Waals surface area contributed by atoms with Crippen LogP contribution in [-0.4, -0.2) is 44.8 Å². The summed E-state index contributed by atoms with van der Waals surface area (Å²) in [4.78, 5) is 12.5. The summed E-state index contributed by atoms with van der Waals surface area (Å²) >= 11 is 1.91. The smallest absolute Gasteiger partial charge is 0.225 e. The zero-order valence-corrected chi connectivity index (χ0v) is 16.6. The number of carbonyl (C=O) groups excluding carboxylic acids is 1. The number of hydrogen-bond acceptors (Lipinski definition) is 5. The first-order valence-corrected chi connectivity index (χ1v) is 11.0. The molecule has 6 nitrogen and oxygen atoms in total. The molecule has 144 valence electrons. The fourth-order valence-corrected chi connectivity index (χ4v) is 4.72. The maximum absolute atomic E-state index is 12.5. The minimum atomic E-state index is 0.0651. The average molecular weight is 386 g/mol. The van der Waals surface area contributed by atoms with Crippen molar-refractivity contribution in [1.29, 1.82) is 0 Å². The molecule has 2 aliphatic rings. The normalized spacial score (nSPS) is 20.0. The van der Waals surface area contributed by atoms with Gasteiger partial charge >= 0.3 is 0 Å². The highest BCUT2D eigenvalue weighted by Gasteiger charge is 2.19. The van der Waals surface area contributed by atoms with E-state index >= 15 is 0 Å². The van der Waals surface area contributed by atoms with Gasteiger partial charge in [-0.15, -0.1) is 10.2 Å². The van der Waals surface area contributed by atoms with Crippen LogP contribution in [0.25, 0.3) is 11.4 Å². The van der Waals surface area contributed by atoms with Crippen LogP contribution in [0.2, 0.25) is 0 Å². The van der Waals surface area contributed by atoms with E-state index in [-0.39, 0.29) is 11.9 Å². The second-order valence-electron chi connectivity index (χ2n) is 7.41. The van der Waals surface area contributed by atoms with Gasteiger partial charge in [0.25, 0.3) is 0 Å². The number of benzene rings is 1. The molecule has 27 heavy (non-hydrogen) atoms. The monoisotopic (exact) mass is 385 g/mol. The Kier molecular flexibility index (Phi) is 5.78. The zero-order chi connectivity index (χ0) is 18.6. The van der Waals surface area contributed by atoms with Crippen molar-refractivity contribution in [3.05, 3.63) is 29.6 Å². The van der Waals surface area contributed by atoms with Crippen molar-refractivity contribution >= 4 is 23.4 Å². The van der Waals surface area contributed by atoms with E-state index in [4.69, 9.17) is 0 Å². The van der Waals surface area contributed by atoms with Crippen molar-refractivity contribution in [2.24, 2.45) is 0 Å². The van der Waals surface area contributed by atoms with E-state index in [0.29, 0.717) is 6.42 Å². The minimum Gasteiger partial charge on any atom is -0.326 e. The number of aromatic nitrogens is 3. The summed E-state index contributed by atoms with van der Waals surface area (Å²) < 4.78 is 2.24. The Morgan fingerprint density at radius 1 is 1.33 bits per heavy atom. The summed E-state index contributed by atoms with van der Waals surface area (Å²) in [5.74, 6) is 4.18. The van der Waals surface area contributed by atoms with Crippen molar-refractivity contribution in [2.45, 2.75) is 51.6 Å². The lowest BCUT2D eigenvalue weighted by atomic mass is 10.1. The lowest BCUT2D eigenvalue weighted by Crippen LogP contribution is -2.39. The fraction of sp³-hybridized carbons (Fsp3) is 0.550. The summed E-state index contributed by atoms with van der Waals surface area (Å²) in [5.41, 5.74) is 2.95. The molecular weight excluding hydrogens is 358 g/mol. The van der Waals surface area contributed by atoms with Crippen LogP contribution in [0.15, 0.2) is 18.2 Å². The summed E-state index contributed by atoms with van der Waals surface area (Å²) in [6.07, 6.45) is 5.10. The highest BCUT2D eigenvalue weighted by Crippen LogP contribution is 2.27. The van der Waals surface area contributed by atoms with E-state index in [9.17, 15) is 4.79 Å². The lowest BCUT2D eigenvalue weighted by Gasteiger charge is -2.22. The standard InChI is InChI=1S/C20H27N5OS/c1-14-6-7-15(20-24-23-18-5-3-2-4-9-25(18)20)11-17(14)22-19(26)12-16-13-27-10-8-21-16/h6-7,11,16,21H,2-5,8-10,12-13H2,1H3,(H,22,26). The van der Waals surface area contributed by atoms with Gasteiger partial charge in [-0.3, -0.25) is 4.79 Å². The molecule has 4 rings (SSSR count). The number of nitrogens with zero attached hydrogens (tertiary/aromatic N) is 3. The molecule has 0 bridgehead atoms. The van der Waals surface area contributed by atoms with Crippen LogP contribution in [0.3, 0.4) is 0 Å². The van der Waals surface area contributed by atoms with Crippen LogP contribution in [0.5, 0.6) is 0 Å². The van der Waals surface area contributed by atoms with Gasteiger partial charge in [0, 0.05) is 54.7 Å². The van der Waals surface area contributed by atoms with Gasteiger partial charge in [0.05, 0.1) is 0 Å². The van der Waals surface area contributed by atoms with Crippen LogP contribution in [0.4, 0.5) is 5.69 Å². The predicted octanol–water partition coefficient (Wildman–Crippen LogP) is 3.01. The van der Waals surface area contributed by atoms with Crippen molar-refractivity contribution < 1.29 is 4.79 Å². The minimum absolute atomic E-state index is 0.0651. The van der Waals surface area contributed by atoms with Crippen LogP contribution in [0, 0.1) is 6.92 Å². The van der Waals surface area contributed by atoms with E-state index in [0.717, 1.165) is 59.5 Å². The molecule has 1 saturated heterocycles. The first-order chi connectivity index (χ1) is 13.2. The molecule has 0 aliphatic carbocycles. The number of carbonyl (C=O) groups is 1. The van der Waals surface area contributed by atoms with Crippen molar-refractivity contribution in [3.63, 3.8) is 0 Å². The highest BCUT2D eigenvalue weighted by atomic mass is 32.2. The van der Waals surface area contributed by atoms with Crippen molar-refractivity contribution in [2.75, 3.05) is 23.4 Å². The predicted molar refractivity (Wildman–Crippen MR) is 110 cm³/mol. The van der Waals surface area contributed by atoms with Gasteiger partial charge in [-0.05, 0) is 31.4 Å². The second-order valence-corrected chi connectivity index (χ2v) is 8.56. The van der Waals surface area contributed by atoms with Crippen LogP contribution in [-0.2, 0) is 17.8 Å². The Morgan fingerprint density at radius 2 is 2.26 bits per heavy atom. The van der Waals surface area contributed by atoms with Crippen LogP contribution < -0.4 is 10.6 Å². The maximum atomic E-state index is 12.5. The quantitative estimate of drug-likeness (QED) is 0.846. The van der Waals surface area contributed by atoms with Crippen LogP contribution >= 0.6 is 11.8 Å². The average Bonchev–Trinajstić information content (AvgIpc) is 2.92. The molecule has 1 atom stereocenters. The molecule has 0 radical (unpaired) electrons. The summed E-state index contributed by atoms with van der Waals surface area (Å²) in [5, 5.41) is 15.4. The molecule has 2 aliphatic heterocycles. The first kappa shape index (κ1) is 18.5. The molecular formula is C20H27N5OS. The van der Waals surface area contributed by atoms with E-state index in [1.54, 1.807) is 0 Å². The zero-order valence-electron chi connectivity index (χ0n) is 15.8. The fourth-order valence-electron chi connectivity index (χ4n) is 3.77. The molecule has 3 heterocycles. The van der Waals surface area contributed by atoms with Crippen molar-refractivity contribution in [1.82, 2.24) is 20.1 Å². The third-order valence-corrected chi connectivity index (χ3v) is 6.44. The number of nitrogens with one attached hydrogen (secondary N) is 2. The Hall–Kier alpha value is -1.86. The number of rotatable bonds is 4. The molecule has 1 fully saturated rings. The highest BCUT2D eigenvalue weighted by molar-refractivity contribution is 7.99. The Labute approximate surface area is 164 Å². The van der Waals surface area contributed by atoms with E-state index < -0.39 is 0 Å². The van der Waals surface area contributed by atoms with Gasteiger partial charge in [-0.1, -0.05) is 18.6 Å². The second kappa shape index (κ2) is 8.44. The van der Waals surface area contributed by atoms with Gasteiger partial charge in [0.2, 0.25) is 5.91 Å². The topological polar surface area (TPSA) is 71.8 Å². The number of fused-ring (bicyclic) bond motifs is 1. The summed E-state index contributed by atoms with van der Waals surface area (Å²) in [6.45, 7) is 3.98. The number of hydrogen-bond donors (Lipinski definition) is 2. The molecule has 1 unspecified atom stereocenters. The van der Waals surface area contributed by atoms with Gasteiger partial charge < -0.3 is 15.2 Å². The third-order valence-electron chi connectivity index (χ3n) is 5.31. The SMILES string of the molecule is Cc1ccc(-c2nnc3n2CCCCC3)cc1NC(=O)CC1CSCCN1. The summed E-state index contributed by atoms with van der Waals surface area (Å²) in [6, 6.07) is 6.43. The molecule has 7 heteroatoms. The molecule has 0 spiro atoms. The summed E-state index contributed by atoms with van der Waals surface area (Å²) in [7, 11) is 0. The third kappa shape index (κ3) is 4.35. The number of thioether (sulfide) groups is 1. The van der Waals surface area contributed by atoms with Crippen molar-refractivity contribution in [3.8, 4) is 11.4 Å². The molecule has 2 aromatic rings. The maximum Gasteiger partial charge on any atom is 0.225 e. The Balaban J connectivity index is 1.51. The van der Waals surface area contributed by atoms with Gasteiger partial charge in [-0.25, -0.2) is 0 Å². The Bertz CT molecular complexity index is 813. The van der Waals surface area contributed by atoms with E-state index in [2.05, 4.69) is 37.5 Å². The van der Waals surface area contributed by atoms with Gasteiger partial charge in [0.1, 0.15) is 5.82 Å². The number of aryl methyl sites for hydroxylation is 2. The first-order valence-electron chi connectivity index (χ1n) is 9.85. The Morgan fingerprint density at radius 3 is 3.11 bits per heavy atom. The van der Waals surface area contributed by atoms with Crippen LogP contribution in [0.1, 0.15) is 37.1 Å². The van der Waals surface area contributed by atoms with Gasteiger partial charge in [0.15, 0.2) is 5.82 Å². The molecule has 1 aromatic heterocycles. The molecule has 1 aromatic carbocycles. The number of amides is 1. The molecule has 0 saturated carbocycles. The lowest BCUT2D eigenvalue weighted by molar-refractivity contribution is -0.116. The van der Waals surface area contributed by atoms with Gasteiger partial charge in [-0.2, -0.15) is 11.8 Å². The van der Waals surface area contributed by atoms with E-state index in [1.165, 1.54) is 19.3 Å².